The minimum atomic E-state index is -3.41. The van der Waals surface area contributed by atoms with Crippen LogP contribution < -0.4 is 10.0 Å². The second kappa shape index (κ2) is 4.52. The van der Waals surface area contributed by atoms with Gasteiger partial charge in [-0.2, -0.15) is 5.10 Å². The zero-order chi connectivity index (χ0) is 11.6. The average Bonchev–Trinajstić information content (AvgIpc) is 2.69. The van der Waals surface area contributed by atoms with Crippen molar-refractivity contribution >= 4 is 10.0 Å². The number of aromatic amines is 1. The van der Waals surface area contributed by atoms with Gasteiger partial charge < -0.3 is 5.32 Å². The van der Waals surface area contributed by atoms with Crippen molar-refractivity contribution in [2.24, 2.45) is 0 Å². The maximum absolute atomic E-state index is 11.9. The summed E-state index contributed by atoms with van der Waals surface area (Å²) in [5.74, 6) is 0. The predicted molar refractivity (Wildman–Crippen MR) is 59.4 cm³/mol. The maximum Gasteiger partial charge on any atom is 0.243 e. The molecule has 0 spiro atoms. The number of nitrogens with one attached hydrogen (secondary N) is 3. The molecule has 0 amide bonds. The summed E-state index contributed by atoms with van der Waals surface area (Å²) in [4.78, 5) is 0.193. The lowest BCUT2D eigenvalue weighted by atomic mass is 10.0. The number of hydrogen-bond acceptors (Lipinski definition) is 4. The van der Waals surface area contributed by atoms with Gasteiger partial charge in [-0.15, -0.1) is 0 Å². The van der Waals surface area contributed by atoms with Crippen LogP contribution in [0.5, 0.6) is 0 Å². The van der Waals surface area contributed by atoms with Crippen LogP contribution in [0.15, 0.2) is 17.3 Å². The molecule has 1 aromatic heterocycles. The molecule has 6 nitrogen and oxygen atoms in total. The van der Waals surface area contributed by atoms with Crippen LogP contribution in [0.1, 0.15) is 19.8 Å². The molecule has 2 unspecified atom stereocenters. The summed E-state index contributed by atoms with van der Waals surface area (Å²) in [6.07, 6.45) is 4.33. The van der Waals surface area contributed by atoms with Crippen molar-refractivity contribution in [3.63, 3.8) is 0 Å². The van der Waals surface area contributed by atoms with Crippen LogP contribution in [-0.4, -0.2) is 37.2 Å². The zero-order valence-corrected chi connectivity index (χ0v) is 9.92. The normalized spacial score (nSPS) is 26.8. The van der Waals surface area contributed by atoms with Gasteiger partial charge >= 0.3 is 0 Å². The Morgan fingerprint density at radius 1 is 1.56 bits per heavy atom. The van der Waals surface area contributed by atoms with Gasteiger partial charge in [0.05, 0.1) is 6.20 Å². The van der Waals surface area contributed by atoms with E-state index in [0.29, 0.717) is 6.04 Å². The van der Waals surface area contributed by atoms with Crippen LogP contribution in [0, 0.1) is 0 Å². The van der Waals surface area contributed by atoms with Crippen molar-refractivity contribution in [1.29, 1.82) is 0 Å². The largest absolute Gasteiger partial charge is 0.314 e. The third-order valence-corrected chi connectivity index (χ3v) is 4.22. The molecule has 1 aliphatic rings. The molecule has 1 fully saturated rings. The molecule has 7 heteroatoms. The first-order valence-electron chi connectivity index (χ1n) is 5.32. The van der Waals surface area contributed by atoms with Gasteiger partial charge in [-0.05, 0) is 26.3 Å². The number of rotatable bonds is 3. The van der Waals surface area contributed by atoms with E-state index >= 15 is 0 Å². The van der Waals surface area contributed by atoms with Crippen LogP contribution >= 0.6 is 0 Å². The van der Waals surface area contributed by atoms with E-state index in [9.17, 15) is 8.42 Å². The topological polar surface area (TPSA) is 86.9 Å². The summed E-state index contributed by atoms with van der Waals surface area (Å²) in [5.41, 5.74) is 0. The molecule has 1 aromatic rings. The van der Waals surface area contributed by atoms with Crippen molar-refractivity contribution < 1.29 is 8.42 Å². The lowest BCUT2D eigenvalue weighted by Crippen LogP contribution is -2.46. The zero-order valence-electron chi connectivity index (χ0n) is 9.10. The van der Waals surface area contributed by atoms with Crippen molar-refractivity contribution in [2.75, 3.05) is 6.54 Å². The SMILES string of the molecule is CC1CC(NS(=O)(=O)c2cn[nH]c2)CCN1. The number of H-pyrrole nitrogens is 1. The smallest absolute Gasteiger partial charge is 0.243 e. The summed E-state index contributed by atoms with van der Waals surface area (Å²) in [5, 5.41) is 9.42. The molecule has 2 rings (SSSR count). The highest BCUT2D eigenvalue weighted by molar-refractivity contribution is 7.89. The Labute approximate surface area is 94.9 Å². The molecule has 0 aromatic carbocycles. The molecule has 2 heterocycles. The molecule has 0 radical (unpaired) electrons. The Bertz CT molecular complexity index is 428. The fraction of sp³-hybridized carbons (Fsp3) is 0.667. The van der Waals surface area contributed by atoms with Crippen molar-refractivity contribution in [3.05, 3.63) is 12.4 Å². The summed E-state index contributed by atoms with van der Waals surface area (Å²) < 4.78 is 26.5. The van der Waals surface area contributed by atoms with Crippen LogP contribution in [0.4, 0.5) is 0 Å². The second-order valence-corrected chi connectivity index (χ2v) is 5.85. The van der Waals surface area contributed by atoms with Crippen LogP contribution in [0.2, 0.25) is 0 Å². The fourth-order valence-electron chi connectivity index (χ4n) is 1.91. The molecule has 1 aliphatic heterocycles. The quantitative estimate of drug-likeness (QED) is 0.689. The summed E-state index contributed by atoms with van der Waals surface area (Å²) >= 11 is 0. The Morgan fingerprint density at radius 2 is 2.38 bits per heavy atom. The van der Waals surface area contributed by atoms with Gasteiger partial charge in [-0.1, -0.05) is 0 Å². The number of sulfonamides is 1. The fourth-order valence-corrected chi connectivity index (χ4v) is 3.10. The van der Waals surface area contributed by atoms with E-state index in [4.69, 9.17) is 0 Å². The van der Waals surface area contributed by atoms with E-state index in [-0.39, 0.29) is 10.9 Å². The van der Waals surface area contributed by atoms with Gasteiger partial charge in [0.2, 0.25) is 10.0 Å². The van der Waals surface area contributed by atoms with Gasteiger partial charge in [0, 0.05) is 18.3 Å². The molecule has 0 aliphatic carbocycles. The third kappa shape index (κ3) is 2.60. The monoisotopic (exact) mass is 244 g/mol. The average molecular weight is 244 g/mol. The third-order valence-electron chi connectivity index (χ3n) is 2.73. The van der Waals surface area contributed by atoms with E-state index in [1.54, 1.807) is 0 Å². The minimum Gasteiger partial charge on any atom is -0.314 e. The Balaban J connectivity index is 2.04. The van der Waals surface area contributed by atoms with E-state index in [0.717, 1.165) is 19.4 Å². The first-order valence-corrected chi connectivity index (χ1v) is 6.81. The molecule has 2 atom stereocenters. The first kappa shape index (κ1) is 11.6. The van der Waals surface area contributed by atoms with Crippen LogP contribution in [0.25, 0.3) is 0 Å². The Hall–Kier alpha value is -0.920. The van der Waals surface area contributed by atoms with Crippen molar-refractivity contribution in [1.82, 2.24) is 20.2 Å². The van der Waals surface area contributed by atoms with Gasteiger partial charge in [0.25, 0.3) is 0 Å². The number of piperidine rings is 1. The molecule has 16 heavy (non-hydrogen) atoms. The Kier molecular flexibility index (Phi) is 3.27. The highest BCUT2D eigenvalue weighted by Gasteiger charge is 2.24. The van der Waals surface area contributed by atoms with Crippen LogP contribution in [0.3, 0.4) is 0 Å². The lowest BCUT2D eigenvalue weighted by molar-refractivity contribution is 0.361. The van der Waals surface area contributed by atoms with E-state index in [1.807, 2.05) is 0 Å². The summed E-state index contributed by atoms with van der Waals surface area (Å²) in [7, 11) is -3.41. The second-order valence-electron chi connectivity index (χ2n) is 4.13. The van der Waals surface area contributed by atoms with Gasteiger partial charge in [0.15, 0.2) is 0 Å². The highest BCUT2D eigenvalue weighted by atomic mass is 32.2. The van der Waals surface area contributed by atoms with Crippen molar-refractivity contribution in [3.8, 4) is 0 Å². The molecule has 0 bridgehead atoms. The predicted octanol–water partition coefficient (Wildman–Crippen LogP) is -0.171. The van der Waals surface area contributed by atoms with Gasteiger partial charge in [0.1, 0.15) is 4.90 Å². The summed E-state index contributed by atoms with van der Waals surface area (Å²) in [6, 6.07) is 0.363. The number of hydrogen-bond donors (Lipinski definition) is 3. The molecule has 1 saturated heterocycles. The van der Waals surface area contributed by atoms with Gasteiger partial charge in [-0.3, -0.25) is 5.10 Å². The molecule has 3 N–H and O–H groups in total. The molecular weight excluding hydrogens is 228 g/mol. The Morgan fingerprint density at radius 3 is 3.00 bits per heavy atom. The minimum absolute atomic E-state index is 0.0103. The molecular formula is C9H16N4O2S. The van der Waals surface area contributed by atoms with E-state index < -0.39 is 10.0 Å². The van der Waals surface area contributed by atoms with Crippen molar-refractivity contribution in [2.45, 2.75) is 36.7 Å². The van der Waals surface area contributed by atoms with E-state index in [1.165, 1.54) is 12.4 Å². The molecule has 0 saturated carbocycles. The number of aromatic nitrogens is 2. The standard InChI is InChI=1S/C9H16N4O2S/c1-7-4-8(2-3-10-7)13-16(14,15)9-5-11-12-6-9/h5-8,10,13H,2-4H2,1H3,(H,11,12). The number of nitrogens with zero attached hydrogens (tertiary/aromatic N) is 1. The maximum atomic E-state index is 11.9. The lowest BCUT2D eigenvalue weighted by Gasteiger charge is -2.28. The van der Waals surface area contributed by atoms with E-state index in [2.05, 4.69) is 27.2 Å². The molecule has 90 valence electrons. The van der Waals surface area contributed by atoms with Gasteiger partial charge in [-0.25, -0.2) is 13.1 Å². The highest BCUT2D eigenvalue weighted by Crippen LogP contribution is 2.12. The summed E-state index contributed by atoms with van der Waals surface area (Å²) in [6.45, 7) is 2.90. The van der Waals surface area contributed by atoms with Crippen LogP contribution in [-0.2, 0) is 10.0 Å². The first-order chi connectivity index (χ1) is 7.58.